The van der Waals surface area contributed by atoms with E-state index in [0.717, 1.165) is 5.92 Å². The van der Waals surface area contributed by atoms with Gasteiger partial charge in [0.25, 0.3) is 0 Å². The Balaban J connectivity index is 1.84. The Morgan fingerprint density at radius 1 is 1.00 bits per heavy atom. The van der Waals surface area contributed by atoms with Crippen LogP contribution in [0.15, 0.2) is 42.5 Å². The summed E-state index contributed by atoms with van der Waals surface area (Å²) in [7, 11) is 0. The van der Waals surface area contributed by atoms with Crippen molar-refractivity contribution in [2.75, 3.05) is 0 Å². The third-order valence-electron chi connectivity index (χ3n) is 3.16. The molecule has 0 unspecified atom stereocenters. The predicted octanol–water partition coefficient (Wildman–Crippen LogP) is 4.19. The molecule has 0 aromatic heterocycles. The molecule has 1 saturated carbocycles. The van der Waals surface area contributed by atoms with Gasteiger partial charge in [-0.25, -0.2) is 0 Å². The van der Waals surface area contributed by atoms with Gasteiger partial charge in [-0.1, -0.05) is 55.3 Å². The minimum absolute atomic E-state index is 0.983. The lowest BCUT2D eigenvalue weighted by Gasteiger charge is -2.02. The van der Waals surface area contributed by atoms with Gasteiger partial charge >= 0.3 is 0 Å². The molecule has 1 radical (unpaired) electrons. The zero-order valence-electron chi connectivity index (χ0n) is 8.82. The summed E-state index contributed by atoms with van der Waals surface area (Å²) >= 11 is 0. The van der Waals surface area contributed by atoms with Crippen molar-refractivity contribution in [3.05, 3.63) is 54.4 Å². The van der Waals surface area contributed by atoms with E-state index in [1.54, 1.807) is 0 Å². The van der Waals surface area contributed by atoms with Crippen LogP contribution in [0.3, 0.4) is 0 Å². The zero-order valence-corrected chi connectivity index (χ0v) is 8.82. The molecule has 1 aliphatic rings. The molecule has 2 aromatic rings. The molecular formula is C15H15. The maximum atomic E-state index is 2.38. The van der Waals surface area contributed by atoms with Crippen molar-refractivity contribution in [2.24, 2.45) is 5.92 Å². The van der Waals surface area contributed by atoms with Crippen LogP contribution in [0.5, 0.6) is 0 Å². The van der Waals surface area contributed by atoms with E-state index in [1.165, 1.54) is 35.6 Å². The topological polar surface area (TPSA) is 0 Å². The smallest absolute Gasteiger partial charge is 0.00901 e. The van der Waals surface area contributed by atoms with Crippen LogP contribution in [-0.2, 0) is 0 Å². The summed E-state index contributed by atoms with van der Waals surface area (Å²) in [6.07, 6.45) is 6.51. The third kappa shape index (κ3) is 2.04. The maximum Gasteiger partial charge on any atom is -0.00901 e. The lowest BCUT2D eigenvalue weighted by molar-refractivity contribution is 0.826. The third-order valence-corrected chi connectivity index (χ3v) is 3.16. The molecule has 0 aliphatic heterocycles. The molecular weight excluding hydrogens is 180 g/mol. The van der Waals surface area contributed by atoms with Crippen molar-refractivity contribution < 1.29 is 0 Å². The Kier molecular flexibility index (Phi) is 2.21. The minimum Gasteiger partial charge on any atom is -0.0616 e. The number of fused-ring (bicyclic) bond motifs is 1. The molecule has 1 aliphatic carbocycles. The quantitative estimate of drug-likeness (QED) is 0.688. The molecule has 2 aromatic carbocycles. The van der Waals surface area contributed by atoms with Gasteiger partial charge in [-0.15, -0.1) is 0 Å². The molecule has 0 atom stereocenters. The highest BCUT2D eigenvalue weighted by atomic mass is 14.3. The summed E-state index contributed by atoms with van der Waals surface area (Å²) in [4.78, 5) is 0. The van der Waals surface area contributed by atoms with E-state index >= 15 is 0 Å². The van der Waals surface area contributed by atoms with Gasteiger partial charge in [-0.2, -0.15) is 0 Å². The number of hydrogen-bond acceptors (Lipinski definition) is 0. The van der Waals surface area contributed by atoms with Crippen LogP contribution < -0.4 is 0 Å². The second-order valence-electron chi connectivity index (χ2n) is 4.49. The van der Waals surface area contributed by atoms with Gasteiger partial charge in [0, 0.05) is 0 Å². The van der Waals surface area contributed by atoms with Gasteiger partial charge in [0.1, 0.15) is 0 Å². The maximum absolute atomic E-state index is 2.38. The first-order valence-electron chi connectivity index (χ1n) is 5.74. The molecule has 75 valence electrons. The Morgan fingerprint density at radius 3 is 2.60 bits per heavy atom. The van der Waals surface area contributed by atoms with Gasteiger partial charge in [0.2, 0.25) is 0 Å². The van der Waals surface area contributed by atoms with Crippen molar-refractivity contribution in [1.82, 2.24) is 0 Å². The molecule has 1 fully saturated rings. The highest BCUT2D eigenvalue weighted by Crippen LogP contribution is 2.34. The minimum atomic E-state index is 0.983. The second kappa shape index (κ2) is 3.69. The first-order chi connectivity index (χ1) is 7.42. The number of hydrogen-bond donors (Lipinski definition) is 0. The molecule has 0 heterocycles. The Hall–Kier alpha value is -1.30. The summed E-state index contributed by atoms with van der Waals surface area (Å²) in [5.74, 6) is 0.983. The average Bonchev–Trinajstić information content (AvgIpc) is 3.10. The molecule has 0 saturated heterocycles. The van der Waals surface area contributed by atoms with Gasteiger partial charge in [0.05, 0.1) is 0 Å². The fourth-order valence-corrected chi connectivity index (χ4v) is 1.99. The molecule has 0 nitrogen and oxygen atoms in total. The van der Waals surface area contributed by atoms with Crippen LogP contribution in [0.1, 0.15) is 24.8 Å². The average molecular weight is 195 g/mol. The summed E-state index contributed by atoms with van der Waals surface area (Å²) in [5, 5.41) is 2.68. The fourth-order valence-electron chi connectivity index (χ4n) is 1.99. The summed E-state index contributed by atoms with van der Waals surface area (Å²) < 4.78 is 0. The van der Waals surface area contributed by atoms with Crippen molar-refractivity contribution in [1.29, 1.82) is 0 Å². The lowest BCUT2D eigenvalue weighted by Crippen LogP contribution is -1.84. The molecule has 0 N–H and O–H groups in total. The zero-order chi connectivity index (χ0) is 10.1. The highest BCUT2D eigenvalue weighted by Gasteiger charge is 2.20. The standard InChI is InChI=1S/C15H15/c1-2-4-15-11-13(8-7-12-5-6-12)9-10-14(15)3-1/h1-4,8-12H,5-7H2. The lowest BCUT2D eigenvalue weighted by atomic mass is 10.0. The van der Waals surface area contributed by atoms with Crippen molar-refractivity contribution in [2.45, 2.75) is 19.3 Å². The van der Waals surface area contributed by atoms with Gasteiger partial charge in [-0.3, -0.25) is 0 Å². The van der Waals surface area contributed by atoms with Crippen LogP contribution >= 0.6 is 0 Å². The molecule has 15 heavy (non-hydrogen) atoms. The number of benzene rings is 2. The van der Waals surface area contributed by atoms with Crippen LogP contribution in [0, 0.1) is 12.3 Å². The van der Waals surface area contributed by atoms with Crippen LogP contribution in [-0.4, -0.2) is 0 Å². The van der Waals surface area contributed by atoms with Gasteiger partial charge in [0.15, 0.2) is 0 Å². The van der Waals surface area contributed by atoms with Gasteiger partial charge in [-0.05, 0) is 35.1 Å². The Bertz CT molecular complexity index is 466. The Labute approximate surface area is 90.9 Å². The summed E-state index contributed by atoms with van der Waals surface area (Å²) in [5.41, 5.74) is 1.38. The van der Waals surface area contributed by atoms with Gasteiger partial charge < -0.3 is 0 Å². The highest BCUT2D eigenvalue weighted by molar-refractivity contribution is 5.83. The molecule has 3 rings (SSSR count). The van der Waals surface area contributed by atoms with E-state index < -0.39 is 0 Å². The van der Waals surface area contributed by atoms with E-state index in [1.807, 2.05) is 0 Å². The molecule has 0 spiro atoms. The van der Waals surface area contributed by atoms with Crippen molar-refractivity contribution in [3.63, 3.8) is 0 Å². The fraction of sp³-hybridized carbons (Fsp3) is 0.267. The SMILES string of the molecule is [CH](CC1CC1)c1ccc2ccccc2c1. The Morgan fingerprint density at radius 2 is 1.80 bits per heavy atom. The van der Waals surface area contributed by atoms with E-state index in [2.05, 4.69) is 48.9 Å². The van der Waals surface area contributed by atoms with Crippen LogP contribution in [0.2, 0.25) is 0 Å². The van der Waals surface area contributed by atoms with E-state index in [4.69, 9.17) is 0 Å². The first kappa shape index (κ1) is 8.96. The predicted molar refractivity (Wildman–Crippen MR) is 64.7 cm³/mol. The first-order valence-corrected chi connectivity index (χ1v) is 5.74. The molecule has 0 bridgehead atoms. The normalized spacial score (nSPS) is 15.7. The number of rotatable bonds is 3. The summed E-state index contributed by atoms with van der Waals surface area (Å²) in [6, 6.07) is 15.3. The second-order valence-corrected chi connectivity index (χ2v) is 4.49. The van der Waals surface area contributed by atoms with E-state index in [9.17, 15) is 0 Å². The van der Waals surface area contributed by atoms with Crippen LogP contribution in [0.25, 0.3) is 10.8 Å². The van der Waals surface area contributed by atoms with E-state index in [0.29, 0.717) is 0 Å². The summed E-state index contributed by atoms with van der Waals surface area (Å²) in [6.45, 7) is 0. The largest absolute Gasteiger partial charge is 0.0616 e. The van der Waals surface area contributed by atoms with Crippen molar-refractivity contribution >= 4 is 10.8 Å². The van der Waals surface area contributed by atoms with Crippen molar-refractivity contribution in [3.8, 4) is 0 Å². The molecule has 0 heteroatoms. The van der Waals surface area contributed by atoms with Crippen LogP contribution in [0.4, 0.5) is 0 Å². The monoisotopic (exact) mass is 195 g/mol. The molecule has 0 amide bonds. The van der Waals surface area contributed by atoms with E-state index in [-0.39, 0.29) is 0 Å².